The van der Waals surface area contributed by atoms with Gasteiger partial charge in [-0.15, -0.1) is 0 Å². The molecule has 1 aliphatic rings. The second kappa shape index (κ2) is 2.57. The van der Waals surface area contributed by atoms with Crippen molar-refractivity contribution in [1.82, 2.24) is 9.66 Å². The number of aryl methyl sites for hydroxylation is 2. The van der Waals surface area contributed by atoms with Crippen molar-refractivity contribution in [2.24, 2.45) is 0 Å². The molecule has 1 N–H and O–H groups in total. The summed E-state index contributed by atoms with van der Waals surface area (Å²) in [4.78, 5) is 4.47. The van der Waals surface area contributed by atoms with Crippen LogP contribution in [0.2, 0.25) is 0 Å². The Kier molecular flexibility index (Phi) is 1.56. The van der Waals surface area contributed by atoms with Crippen molar-refractivity contribution in [1.29, 1.82) is 0 Å². The van der Waals surface area contributed by atoms with Gasteiger partial charge >= 0.3 is 0 Å². The van der Waals surface area contributed by atoms with Crippen LogP contribution in [-0.2, 0) is 12.8 Å². The highest BCUT2D eigenvalue weighted by Crippen LogP contribution is 2.08. The van der Waals surface area contributed by atoms with Gasteiger partial charge in [-0.05, 0) is 12.8 Å². The van der Waals surface area contributed by atoms with Crippen LogP contribution < -0.4 is 5.43 Å². The molecule has 0 aromatic carbocycles. The second-order valence-corrected chi connectivity index (χ2v) is 2.88. The summed E-state index contributed by atoms with van der Waals surface area (Å²) in [5.74, 6) is 1.19. The summed E-state index contributed by atoms with van der Waals surface area (Å²) in [7, 11) is 0. The molecule has 3 nitrogen and oxygen atoms in total. The Labute approximate surface area is 66.4 Å². The van der Waals surface area contributed by atoms with Gasteiger partial charge in [0, 0.05) is 19.2 Å². The monoisotopic (exact) mass is 151 g/mol. The predicted octanol–water partition coefficient (Wildman–Crippen LogP) is 0.935. The lowest BCUT2D eigenvalue weighted by Crippen LogP contribution is -2.23. The third-order valence-corrected chi connectivity index (χ3v) is 2.05. The van der Waals surface area contributed by atoms with E-state index in [2.05, 4.69) is 28.2 Å². The molecule has 11 heavy (non-hydrogen) atoms. The number of fused-ring (bicyclic) bond motifs is 1. The fraction of sp³-hybridized carbons (Fsp3) is 0.625. The third-order valence-electron chi connectivity index (χ3n) is 2.05. The Morgan fingerprint density at radius 3 is 3.36 bits per heavy atom. The Bertz CT molecular complexity index is 228. The molecule has 1 aromatic heterocycles. The largest absolute Gasteiger partial charge is 0.325 e. The van der Waals surface area contributed by atoms with E-state index >= 15 is 0 Å². The summed E-state index contributed by atoms with van der Waals surface area (Å²) in [5, 5.41) is 0. The molecule has 60 valence electrons. The fourth-order valence-corrected chi connectivity index (χ4v) is 1.40. The van der Waals surface area contributed by atoms with Gasteiger partial charge in [0.25, 0.3) is 0 Å². The van der Waals surface area contributed by atoms with Gasteiger partial charge in [-0.3, -0.25) is 4.68 Å². The molecule has 0 atom stereocenters. The van der Waals surface area contributed by atoms with Gasteiger partial charge in [0.2, 0.25) is 0 Å². The number of rotatable bonds is 1. The fourth-order valence-electron chi connectivity index (χ4n) is 1.40. The average Bonchev–Trinajstić information content (AvgIpc) is 2.46. The Balaban J connectivity index is 2.32. The van der Waals surface area contributed by atoms with E-state index in [-0.39, 0.29) is 0 Å². The van der Waals surface area contributed by atoms with E-state index in [1.165, 1.54) is 17.9 Å². The maximum Gasteiger partial charge on any atom is 0.127 e. The van der Waals surface area contributed by atoms with Crippen molar-refractivity contribution in [2.75, 3.05) is 12.0 Å². The zero-order valence-corrected chi connectivity index (χ0v) is 6.80. The second-order valence-electron chi connectivity index (χ2n) is 2.88. The molecule has 0 spiro atoms. The third kappa shape index (κ3) is 1.11. The van der Waals surface area contributed by atoms with Crippen molar-refractivity contribution >= 4 is 0 Å². The molecule has 0 saturated heterocycles. The van der Waals surface area contributed by atoms with Crippen molar-refractivity contribution in [3.8, 4) is 0 Å². The first-order valence-electron chi connectivity index (χ1n) is 4.21. The number of nitrogens with zero attached hydrogens (tertiary/aromatic N) is 2. The Morgan fingerprint density at radius 1 is 1.73 bits per heavy atom. The first kappa shape index (κ1) is 6.70. The number of hydrogen-bond donors (Lipinski definition) is 1. The van der Waals surface area contributed by atoms with Crippen molar-refractivity contribution in [3.63, 3.8) is 0 Å². The van der Waals surface area contributed by atoms with Crippen LogP contribution in [0.1, 0.15) is 24.9 Å². The van der Waals surface area contributed by atoms with Gasteiger partial charge in [0.1, 0.15) is 5.82 Å². The summed E-state index contributed by atoms with van der Waals surface area (Å²) in [6.07, 6.45) is 5.45. The van der Waals surface area contributed by atoms with E-state index in [0.717, 1.165) is 19.4 Å². The van der Waals surface area contributed by atoms with Gasteiger partial charge in [-0.2, -0.15) is 0 Å². The minimum Gasteiger partial charge on any atom is -0.325 e. The number of aromatic nitrogens is 2. The average molecular weight is 151 g/mol. The first-order valence-corrected chi connectivity index (χ1v) is 4.21. The molecule has 2 rings (SSSR count). The van der Waals surface area contributed by atoms with Gasteiger partial charge < -0.3 is 5.43 Å². The standard InChI is InChI=1S/C8H13N3/c1-2-7-6-11-8(10-7)4-3-5-9-11/h6,9H,2-5H2,1H3. The molecule has 0 saturated carbocycles. The van der Waals surface area contributed by atoms with Gasteiger partial charge in [0.05, 0.1) is 5.69 Å². The summed E-state index contributed by atoms with van der Waals surface area (Å²) in [5.41, 5.74) is 4.46. The van der Waals surface area contributed by atoms with Gasteiger partial charge in [0.15, 0.2) is 0 Å². The van der Waals surface area contributed by atoms with Crippen molar-refractivity contribution in [3.05, 3.63) is 17.7 Å². The molecule has 0 bridgehead atoms. The SMILES string of the molecule is CCc1cn2c(n1)CCCN2. The van der Waals surface area contributed by atoms with E-state index in [1.807, 2.05) is 0 Å². The van der Waals surface area contributed by atoms with Gasteiger partial charge in [-0.1, -0.05) is 6.92 Å². The van der Waals surface area contributed by atoms with E-state index in [1.54, 1.807) is 0 Å². The number of imidazole rings is 1. The molecular weight excluding hydrogens is 138 g/mol. The van der Waals surface area contributed by atoms with E-state index < -0.39 is 0 Å². The number of nitrogens with one attached hydrogen (secondary N) is 1. The Morgan fingerprint density at radius 2 is 2.64 bits per heavy atom. The molecule has 0 radical (unpaired) electrons. The van der Waals surface area contributed by atoms with Crippen LogP contribution in [-0.4, -0.2) is 16.2 Å². The lowest BCUT2D eigenvalue weighted by Gasteiger charge is -2.14. The van der Waals surface area contributed by atoms with E-state index in [4.69, 9.17) is 0 Å². The quantitative estimate of drug-likeness (QED) is 0.647. The van der Waals surface area contributed by atoms with Crippen LogP contribution in [0.15, 0.2) is 6.20 Å². The molecule has 0 fully saturated rings. The summed E-state index contributed by atoms with van der Waals surface area (Å²) < 4.78 is 2.06. The van der Waals surface area contributed by atoms with Crippen LogP contribution in [0.3, 0.4) is 0 Å². The minimum absolute atomic E-state index is 1.03. The zero-order valence-electron chi connectivity index (χ0n) is 6.80. The van der Waals surface area contributed by atoms with Crippen molar-refractivity contribution < 1.29 is 0 Å². The zero-order chi connectivity index (χ0) is 7.68. The van der Waals surface area contributed by atoms with E-state index in [9.17, 15) is 0 Å². The molecule has 0 aliphatic carbocycles. The van der Waals surface area contributed by atoms with Crippen LogP contribution in [0, 0.1) is 0 Å². The topological polar surface area (TPSA) is 29.9 Å². The lowest BCUT2D eigenvalue weighted by atomic mass is 10.3. The smallest absolute Gasteiger partial charge is 0.127 e. The molecule has 1 aromatic rings. The summed E-state index contributed by atoms with van der Waals surface area (Å²) >= 11 is 0. The molecule has 0 unspecified atom stereocenters. The Hall–Kier alpha value is -0.990. The normalized spacial score (nSPS) is 15.7. The molecule has 3 heteroatoms. The summed E-state index contributed by atoms with van der Waals surface area (Å²) in [6, 6.07) is 0. The maximum atomic E-state index is 4.47. The first-order chi connectivity index (χ1) is 5.40. The summed E-state index contributed by atoms with van der Waals surface area (Å²) in [6.45, 7) is 3.21. The van der Waals surface area contributed by atoms with Gasteiger partial charge in [-0.25, -0.2) is 4.98 Å². The highest BCUT2D eigenvalue weighted by Gasteiger charge is 2.09. The highest BCUT2D eigenvalue weighted by molar-refractivity contribution is 5.08. The molecule has 0 amide bonds. The molecule has 2 heterocycles. The predicted molar refractivity (Wildman–Crippen MR) is 44.2 cm³/mol. The lowest BCUT2D eigenvalue weighted by molar-refractivity contribution is 0.648. The van der Waals surface area contributed by atoms with E-state index in [0.29, 0.717) is 0 Å². The van der Waals surface area contributed by atoms with Crippen molar-refractivity contribution in [2.45, 2.75) is 26.2 Å². The van der Waals surface area contributed by atoms with Crippen LogP contribution in [0.4, 0.5) is 0 Å². The number of hydrogen-bond acceptors (Lipinski definition) is 2. The van der Waals surface area contributed by atoms with Crippen LogP contribution >= 0.6 is 0 Å². The highest BCUT2D eigenvalue weighted by atomic mass is 15.4. The maximum absolute atomic E-state index is 4.47. The molecular formula is C8H13N3. The minimum atomic E-state index is 1.03. The van der Waals surface area contributed by atoms with Crippen LogP contribution in [0.25, 0.3) is 0 Å². The van der Waals surface area contributed by atoms with Crippen LogP contribution in [0.5, 0.6) is 0 Å². The molecule has 1 aliphatic heterocycles.